The van der Waals surface area contributed by atoms with Gasteiger partial charge < -0.3 is 9.47 Å². The zero-order valence-electron chi connectivity index (χ0n) is 10.5. The van der Waals surface area contributed by atoms with E-state index in [9.17, 15) is 0 Å². The molecule has 0 spiro atoms. The van der Waals surface area contributed by atoms with Gasteiger partial charge in [-0.05, 0) is 12.0 Å². The highest BCUT2D eigenvalue weighted by molar-refractivity contribution is 5.13. The van der Waals surface area contributed by atoms with Crippen molar-refractivity contribution in [3.8, 4) is 0 Å². The highest BCUT2D eigenvalue weighted by Gasteiger charge is 2.22. The Labute approximate surface area is 98.6 Å². The first-order valence-electron chi connectivity index (χ1n) is 5.81. The van der Waals surface area contributed by atoms with Crippen molar-refractivity contribution in [1.82, 2.24) is 0 Å². The lowest BCUT2D eigenvalue weighted by atomic mass is 9.90. The van der Waals surface area contributed by atoms with Crippen molar-refractivity contribution in [3.63, 3.8) is 0 Å². The van der Waals surface area contributed by atoms with Crippen LogP contribution in [0.2, 0.25) is 0 Å². The number of methoxy groups -OCH3 is 1. The van der Waals surface area contributed by atoms with E-state index in [2.05, 4.69) is 26.0 Å². The molecule has 0 saturated carbocycles. The molecule has 2 heteroatoms. The number of benzene rings is 1. The Morgan fingerprint density at radius 3 is 2.38 bits per heavy atom. The van der Waals surface area contributed by atoms with Gasteiger partial charge in [0.05, 0.1) is 19.8 Å². The molecular formula is C14H22O2. The maximum atomic E-state index is 5.75. The number of hydrogen-bond donors (Lipinski definition) is 0. The SMILES string of the molecule is CCC(C)(COC)COCc1ccccc1. The van der Waals surface area contributed by atoms with Crippen molar-refractivity contribution < 1.29 is 9.47 Å². The molecule has 0 fully saturated rings. The Hall–Kier alpha value is -0.860. The second-order valence-corrected chi connectivity index (χ2v) is 4.58. The van der Waals surface area contributed by atoms with Gasteiger partial charge in [-0.25, -0.2) is 0 Å². The summed E-state index contributed by atoms with van der Waals surface area (Å²) >= 11 is 0. The topological polar surface area (TPSA) is 18.5 Å². The zero-order valence-corrected chi connectivity index (χ0v) is 10.5. The van der Waals surface area contributed by atoms with Crippen LogP contribution in [0.4, 0.5) is 0 Å². The largest absolute Gasteiger partial charge is 0.384 e. The molecule has 1 rings (SSSR count). The Morgan fingerprint density at radius 1 is 1.12 bits per heavy atom. The van der Waals surface area contributed by atoms with Crippen LogP contribution < -0.4 is 0 Å². The molecule has 1 atom stereocenters. The molecule has 0 bridgehead atoms. The summed E-state index contributed by atoms with van der Waals surface area (Å²) < 4.78 is 11.0. The summed E-state index contributed by atoms with van der Waals surface area (Å²) in [5.41, 5.74) is 1.35. The Kier molecular flexibility index (Phi) is 5.50. The molecule has 1 unspecified atom stereocenters. The van der Waals surface area contributed by atoms with Crippen molar-refractivity contribution in [1.29, 1.82) is 0 Å². The highest BCUT2D eigenvalue weighted by atomic mass is 16.5. The van der Waals surface area contributed by atoms with Crippen LogP contribution in [0, 0.1) is 5.41 Å². The minimum absolute atomic E-state index is 0.129. The molecule has 1 aromatic carbocycles. The molecule has 0 aliphatic rings. The Morgan fingerprint density at radius 2 is 1.81 bits per heavy atom. The lowest BCUT2D eigenvalue weighted by molar-refractivity contribution is -0.00637. The van der Waals surface area contributed by atoms with E-state index in [0.717, 1.165) is 19.6 Å². The fraction of sp³-hybridized carbons (Fsp3) is 0.571. The fourth-order valence-electron chi connectivity index (χ4n) is 1.58. The van der Waals surface area contributed by atoms with Crippen LogP contribution in [0.25, 0.3) is 0 Å². The average molecular weight is 222 g/mol. The third kappa shape index (κ3) is 4.33. The van der Waals surface area contributed by atoms with Gasteiger partial charge >= 0.3 is 0 Å². The minimum Gasteiger partial charge on any atom is -0.384 e. The van der Waals surface area contributed by atoms with Crippen molar-refractivity contribution >= 4 is 0 Å². The quantitative estimate of drug-likeness (QED) is 0.705. The van der Waals surface area contributed by atoms with E-state index in [4.69, 9.17) is 9.47 Å². The zero-order chi connectivity index (χ0) is 11.9. The second kappa shape index (κ2) is 6.66. The average Bonchev–Trinajstić information content (AvgIpc) is 2.31. The molecule has 0 heterocycles. The number of hydrogen-bond acceptors (Lipinski definition) is 2. The molecule has 1 aromatic rings. The van der Waals surface area contributed by atoms with Gasteiger partial charge in [0.1, 0.15) is 0 Å². The molecule has 0 amide bonds. The summed E-state index contributed by atoms with van der Waals surface area (Å²) in [4.78, 5) is 0. The van der Waals surface area contributed by atoms with E-state index in [1.54, 1.807) is 7.11 Å². The number of ether oxygens (including phenoxy) is 2. The van der Waals surface area contributed by atoms with Crippen LogP contribution in [0.1, 0.15) is 25.8 Å². The van der Waals surface area contributed by atoms with E-state index >= 15 is 0 Å². The van der Waals surface area contributed by atoms with Gasteiger partial charge in [0.25, 0.3) is 0 Å². The van der Waals surface area contributed by atoms with Crippen molar-refractivity contribution in [2.24, 2.45) is 5.41 Å². The standard InChI is InChI=1S/C14H22O2/c1-4-14(2,11-15-3)12-16-10-13-8-6-5-7-9-13/h5-9H,4,10-12H2,1-3H3. The van der Waals surface area contributed by atoms with Crippen molar-refractivity contribution in [3.05, 3.63) is 35.9 Å². The van der Waals surface area contributed by atoms with Gasteiger partial charge in [0.2, 0.25) is 0 Å². The molecule has 0 aliphatic heterocycles. The van der Waals surface area contributed by atoms with Crippen LogP contribution in [0.5, 0.6) is 0 Å². The molecule has 0 aliphatic carbocycles. The molecule has 0 aromatic heterocycles. The van der Waals surface area contributed by atoms with Gasteiger partial charge in [0.15, 0.2) is 0 Å². The summed E-state index contributed by atoms with van der Waals surface area (Å²) in [6.45, 7) is 6.54. The molecule has 0 N–H and O–H groups in total. The van der Waals surface area contributed by atoms with Crippen LogP contribution in [0.15, 0.2) is 30.3 Å². The van der Waals surface area contributed by atoms with Gasteiger partial charge in [-0.2, -0.15) is 0 Å². The van der Waals surface area contributed by atoms with E-state index in [1.807, 2.05) is 18.2 Å². The summed E-state index contributed by atoms with van der Waals surface area (Å²) in [6, 6.07) is 10.3. The molecule has 90 valence electrons. The monoisotopic (exact) mass is 222 g/mol. The maximum Gasteiger partial charge on any atom is 0.0717 e. The van der Waals surface area contributed by atoms with Gasteiger partial charge in [0, 0.05) is 12.5 Å². The molecule has 2 nitrogen and oxygen atoms in total. The first kappa shape index (κ1) is 13.2. The Bertz CT molecular complexity index is 284. The molecule has 0 radical (unpaired) electrons. The lowest BCUT2D eigenvalue weighted by Crippen LogP contribution is -2.27. The summed E-state index contributed by atoms with van der Waals surface area (Å²) in [6.07, 6.45) is 1.07. The van der Waals surface area contributed by atoms with Gasteiger partial charge in [-0.15, -0.1) is 0 Å². The smallest absolute Gasteiger partial charge is 0.0717 e. The second-order valence-electron chi connectivity index (χ2n) is 4.58. The first-order chi connectivity index (χ1) is 7.70. The van der Waals surface area contributed by atoms with Crippen molar-refractivity contribution in [2.75, 3.05) is 20.3 Å². The van der Waals surface area contributed by atoms with Crippen molar-refractivity contribution in [2.45, 2.75) is 26.9 Å². The molecule has 16 heavy (non-hydrogen) atoms. The summed E-state index contributed by atoms with van der Waals surface area (Å²) in [5, 5.41) is 0. The van der Waals surface area contributed by atoms with E-state index in [-0.39, 0.29) is 5.41 Å². The van der Waals surface area contributed by atoms with Crippen LogP contribution in [-0.2, 0) is 16.1 Å². The Balaban J connectivity index is 2.34. The summed E-state index contributed by atoms with van der Waals surface area (Å²) in [5.74, 6) is 0. The molecular weight excluding hydrogens is 200 g/mol. The van der Waals surface area contributed by atoms with E-state index in [1.165, 1.54) is 5.56 Å². The van der Waals surface area contributed by atoms with E-state index in [0.29, 0.717) is 6.61 Å². The minimum atomic E-state index is 0.129. The van der Waals surface area contributed by atoms with Crippen LogP contribution in [0.3, 0.4) is 0 Å². The van der Waals surface area contributed by atoms with Crippen LogP contribution >= 0.6 is 0 Å². The normalized spacial score (nSPS) is 14.7. The van der Waals surface area contributed by atoms with E-state index < -0.39 is 0 Å². The lowest BCUT2D eigenvalue weighted by Gasteiger charge is -2.26. The predicted molar refractivity (Wildman–Crippen MR) is 66.4 cm³/mol. The van der Waals surface area contributed by atoms with Crippen LogP contribution in [-0.4, -0.2) is 20.3 Å². The highest BCUT2D eigenvalue weighted by Crippen LogP contribution is 2.22. The third-order valence-corrected chi connectivity index (χ3v) is 2.91. The predicted octanol–water partition coefficient (Wildman–Crippen LogP) is 3.27. The molecule has 0 saturated heterocycles. The first-order valence-corrected chi connectivity index (χ1v) is 5.81. The number of rotatable bonds is 7. The summed E-state index contributed by atoms with van der Waals surface area (Å²) in [7, 11) is 1.74. The third-order valence-electron chi connectivity index (χ3n) is 2.91. The fourth-order valence-corrected chi connectivity index (χ4v) is 1.58. The maximum absolute atomic E-state index is 5.75. The van der Waals surface area contributed by atoms with Gasteiger partial charge in [-0.1, -0.05) is 44.2 Å². The van der Waals surface area contributed by atoms with Gasteiger partial charge in [-0.3, -0.25) is 0 Å².